The summed E-state index contributed by atoms with van der Waals surface area (Å²) in [6.07, 6.45) is 5.59. The van der Waals surface area contributed by atoms with Crippen molar-refractivity contribution in [3.05, 3.63) is 50.9 Å². The normalized spacial score (nSPS) is 12.6. The Kier molecular flexibility index (Phi) is 4.67. The van der Waals surface area contributed by atoms with Crippen LogP contribution in [0.1, 0.15) is 23.6 Å². The van der Waals surface area contributed by atoms with Gasteiger partial charge in [0.25, 0.3) is 0 Å². The summed E-state index contributed by atoms with van der Waals surface area (Å²) in [5.74, 6) is 5.62. The van der Waals surface area contributed by atoms with Crippen molar-refractivity contribution >= 4 is 27.3 Å². The van der Waals surface area contributed by atoms with Crippen molar-refractivity contribution in [1.82, 2.24) is 10.4 Å². The molecule has 90 valence electrons. The average molecular weight is 312 g/mol. The van der Waals surface area contributed by atoms with Gasteiger partial charge in [0.15, 0.2) is 0 Å². The lowest BCUT2D eigenvalue weighted by molar-refractivity contribution is 0.516. The van der Waals surface area contributed by atoms with E-state index in [1.165, 1.54) is 11.1 Å². The van der Waals surface area contributed by atoms with Crippen molar-refractivity contribution in [1.29, 1.82) is 0 Å². The van der Waals surface area contributed by atoms with E-state index in [1.54, 1.807) is 11.3 Å². The smallest absolute Gasteiger partial charge is 0.0482 e. The summed E-state index contributed by atoms with van der Waals surface area (Å²) in [5.41, 5.74) is 5.39. The number of nitrogens with one attached hydrogen (secondary N) is 1. The van der Waals surface area contributed by atoms with Crippen LogP contribution in [-0.2, 0) is 6.42 Å². The lowest BCUT2D eigenvalue weighted by Crippen LogP contribution is -2.28. The van der Waals surface area contributed by atoms with Crippen LogP contribution in [0.25, 0.3) is 0 Å². The van der Waals surface area contributed by atoms with Gasteiger partial charge in [0.2, 0.25) is 0 Å². The van der Waals surface area contributed by atoms with Crippen LogP contribution in [-0.4, -0.2) is 4.98 Å². The molecule has 0 aromatic carbocycles. The molecule has 2 rings (SSSR count). The zero-order valence-electron chi connectivity index (χ0n) is 9.27. The zero-order chi connectivity index (χ0) is 12.1. The lowest BCUT2D eigenvalue weighted by Gasteiger charge is -2.15. The van der Waals surface area contributed by atoms with Gasteiger partial charge in [0.05, 0.1) is 0 Å². The number of pyridine rings is 1. The van der Waals surface area contributed by atoms with Crippen molar-refractivity contribution in [3.8, 4) is 0 Å². The van der Waals surface area contributed by atoms with Crippen LogP contribution in [0.15, 0.2) is 39.8 Å². The Hall–Kier alpha value is -0.750. The summed E-state index contributed by atoms with van der Waals surface area (Å²) in [6, 6.07) is 4.26. The molecule has 2 aromatic rings. The summed E-state index contributed by atoms with van der Waals surface area (Å²) in [5, 5.41) is 4.20. The van der Waals surface area contributed by atoms with Crippen LogP contribution in [0.4, 0.5) is 0 Å². The largest absolute Gasteiger partial charge is 0.271 e. The van der Waals surface area contributed by atoms with E-state index in [-0.39, 0.29) is 6.04 Å². The van der Waals surface area contributed by atoms with E-state index in [4.69, 9.17) is 5.84 Å². The van der Waals surface area contributed by atoms with Crippen molar-refractivity contribution in [2.45, 2.75) is 18.9 Å². The SMILES string of the molecule is NNC(CCc1ccncc1)c1cscc1Br. The molecule has 0 bridgehead atoms. The molecule has 1 unspecified atom stereocenters. The van der Waals surface area contributed by atoms with E-state index in [0.29, 0.717) is 0 Å². The minimum Gasteiger partial charge on any atom is -0.271 e. The van der Waals surface area contributed by atoms with Gasteiger partial charge in [0, 0.05) is 28.3 Å². The molecule has 0 saturated heterocycles. The maximum atomic E-state index is 5.62. The molecule has 5 heteroatoms. The van der Waals surface area contributed by atoms with Crippen molar-refractivity contribution in [3.63, 3.8) is 0 Å². The Morgan fingerprint density at radius 3 is 2.71 bits per heavy atom. The number of hydrazine groups is 1. The predicted molar refractivity (Wildman–Crippen MR) is 74.6 cm³/mol. The number of rotatable bonds is 5. The Bertz CT molecular complexity index is 458. The molecule has 17 heavy (non-hydrogen) atoms. The Morgan fingerprint density at radius 1 is 1.35 bits per heavy atom. The first kappa shape index (κ1) is 12.7. The van der Waals surface area contributed by atoms with Gasteiger partial charge in [-0.05, 0) is 57.4 Å². The quantitative estimate of drug-likeness (QED) is 0.659. The first-order chi connectivity index (χ1) is 8.31. The Labute approximate surface area is 113 Å². The van der Waals surface area contributed by atoms with E-state index < -0.39 is 0 Å². The molecule has 3 nitrogen and oxygen atoms in total. The fourth-order valence-electron chi connectivity index (χ4n) is 1.73. The maximum absolute atomic E-state index is 5.62. The van der Waals surface area contributed by atoms with Crippen LogP contribution in [0.5, 0.6) is 0 Å². The Morgan fingerprint density at radius 2 is 2.12 bits per heavy atom. The van der Waals surface area contributed by atoms with Crippen molar-refractivity contribution < 1.29 is 0 Å². The summed E-state index contributed by atoms with van der Waals surface area (Å²) in [6.45, 7) is 0. The Balaban J connectivity index is 2.00. The summed E-state index contributed by atoms with van der Waals surface area (Å²) >= 11 is 5.22. The molecule has 0 amide bonds. The van der Waals surface area contributed by atoms with Gasteiger partial charge in [-0.3, -0.25) is 16.3 Å². The minimum absolute atomic E-state index is 0.184. The van der Waals surface area contributed by atoms with Gasteiger partial charge < -0.3 is 0 Å². The van der Waals surface area contributed by atoms with E-state index in [9.17, 15) is 0 Å². The third-order valence-corrected chi connectivity index (χ3v) is 4.44. The predicted octanol–water partition coefficient (Wildman–Crippen LogP) is 3.04. The molecule has 0 aliphatic carbocycles. The van der Waals surface area contributed by atoms with Crippen molar-refractivity contribution in [2.24, 2.45) is 5.84 Å². The number of nitrogens with two attached hydrogens (primary N) is 1. The van der Waals surface area contributed by atoms with E-state index in [2.05, 4.69) is 37.1 Å². The number of nitrogens with zero attached hydrogens (tertiary/aromatic N) is 1. The van der Waals surface area contributed by atoms with Crippen LogP contribution >= 0.6 is 27.3 Å². The highest BCUT2D eigenvalue weighted by atomic mass is 79.9. The summed E-state index contributed by atoms with van der Waals surface area (Å²) in [4.78, 5) is 4.01. The molecule has 3 N–H and O–H groups in total. The third kappa shape index (κ3) is 3.35. The number of halogens is 1. The zero-order valence-corrected chi connectivity index (χ0v) is 11.7. The molecule has 2 heterocycles. The fourth-order valence-corrected chi connectivity index (χ4v) is 3.36. The van der Waals surface area contributed by atoms with Crippen LogP contribution in [0.2, 0.25) is 0 Å². The van der Waals surface area contributed by atoms with Gasteiger partial charge in [-0.15, -0.1) is 0 Å². The lowest BCUT2D eigenvalue weighted by atomic mass is 10.0. The van der Waals surface area contributed by atoms with Crippen LogP contribution in [0, 0.1) is 0 Å². The topological polar surface area (TPSA) is 50.9 Å². The molecular weight excluding hydrogens is 298 g/mol. The molecule has 0 spiro atoms. The molecule has 2 aromatic heterocycles. The number of hydrogen-bond acceptors (Lipinski definition) is 4. The highest BCUT2D eigenvalue weighted by molar-refractivity contribution is 9.10. The average Bonchev–Trinajstić information content (AvgIpc) is 2.78. The minimum atomic E-state index is 0.184. The van der Waals surface area contributed by atoms with Gasteiger partial charge in [-0.1, -0.05) is 0 Å². The summed E-state index contributed by atoms with van der Waals surface area (Å²) in [7, 11) is 0. The van der Waals surface area contributed by atoms with E-state index in [1.807, 2.05) is 24.5 Å². The third-order valence-electron chi connectivity index (χ3n) is 2.69. The second-order valence-electron chi connectivity index (χ2n) is 3.79. The molecule has 1 atom stereocenters. The molecule has 0 saturated carbocycles. The maximum Gasteiger partial charge on any atom is 0.0482 e. The highest BCUT2D eigenvalue weighted by Gasteiger charge is 2.13. The molecular formula is C12H14BrN3S. The number of hydrogen-bond donors (Lipinski definition) is 2. The second kappa shape index (κ2) is 6.26. The highest BCUT2D eigenvalue weighted by Crippen LogP contribution is 2.29. The van der Waals surface area contributed by atoms with Crippen LogP contribution in [0.3, 0.4) is 0 Å². The molecule has 0 fully saturated rings. The monoisotopic (exact) mass is 311 g/mol. The van der Waals surface area contributed by atoms with Gasteiger partial charge in [-0.2, -0.15) is 11.3 Å². The fraction of sp³-hybridized carbons (Fsp3) is 0.250. The van der Waals surface area contributed by atoms with Gasteiger partial charge in [0.1, 0.15) is 0 Å². The van der Waals surface area contributed by atoms with Crippen LogP contribution < -0.4 is 11.3 Å². The first-order valence-corrected chi connectivity index (χ1v) is 7.11. The number of aryl methyl sites for hydroxylation is 1. The molecule has 0 radical (unpaired) electrons. The number of thiophene rings is 1. The first-order valence-electron chi connectivity index (χ1n) is 5.38. The van der Waals surface area contributed by atoms with E-state index >= 15 is 0 Å². The number of aromatic nitrogens is 1. The van der Waals surface area contributed by atoms with Gasteiger partial charge in [-0.25, -0.2) is 0 Å². The molecule has 0 aliphatic heterocycles. The summed E-state index contributed by atoms with van der Waals surface area (Å²) < 4.78 is 1.13. The van der Waals surface area contributed by atoms with Crippen molar-refractivity contribution in [2.75, 3.05) is 0 Å². The van der Waals surface area contributed by atoms with Gasteiger partial charge >= 0.3 is 0 Å². The van der Waals surface area contributed by atoms with E-state index in [0.717, 1.165) is 17.3 Å². The standard InChI is InChI=1S/C12H14BrN3S/c13-11-8-17-7-10(11)12(16-14)2-1-9-3-5-15-6-4-9/h3-8,12,16H,1-2,14H2. The molecule has 0 aliphatic rings. The second-order valence-corrected chi connectivity index (χ2v) is 5.39.